The molecule has 2 rings (SSSR count). The molecule has 0 spiro atoms. The lowest BCUT2D eigenvalue weighted by atomic mass is 9.83. The molecule has 2 unspecified atom stereocenters. The van der Waals surface area contributed by atoms with Crippen LogP contribution in [0.25, 0.3) is 0 Å². The first-order valence-electron chi connectivity index (χ1n) is 5.89. The quantitative estimate of drug-likeness (QED) is 0.786. The molecule has 0 aromatic carbocycles. The molecule has 1 saturated carbocycles. The fourth-order valence-corrected chi connectivity index (χ4v) is 2.16. The van der Waals surface area contributed by atoms with Crippen molar-refractivity contribution in [1.82, 2.24) is 14.8 Å². The Bertz CT molecular complexity index is 398. The fourth-order valence-electron chi connectivity index (χ4n) is 2.16. The van der Waals surface area contributed by atoms with Gasteiger partial charge in [-0.05, 0) is 12.8 Å². The molecule has 6 heteroatoms. The van der Waals surface area contributed by atoms with Crippen LogP contribution in [0.1, 0.15) is 38.1 Å². The summed E-state index contributed by atoms with van der Waals surface area (Å²) in [6, 6.07) is -1.000. The molecule has 1 aromatic heterocycles. The number of carboxylic acid groups (broad SMARTS) is 1. The number of carboxylic acids is 1. The van der Waals surface area contributed by atoms with Gasteiger partial charge in [0.1, 0.15) is 12.2 Å². The summed E-state index contributed by atoms with van der Waals surface area (Å²) in [6.07, 6.45) is 4.73. The van der Waals surface area contributed by atoms with Crippen molar-refractivity contribution in [3.63, 3.8) is 0 Å². The van der Waals surface area contributed by atoms with Crippen LogP contribution in [0, 0.1) is 5.92 Å². The first kappa shape index (κ1) is 12.0. The molecule has 0 radical (unpaired) electrons. The predicted octanol–water partition coefficient (Wildman–Crippen LogP) is 0.627. The van der Waals surface area contributed by atoms with Crippen LogP contribution in [0.4, 0.5) is 0 Å². The average Bonchev–Trinajstić information content (AvgIpc) is 2.58. The Kier molecular flexibility index (Phi) is 3.42. The summed E-state index contributed by atoms with van der Waals surface area (Å²) in [6.45, 7) is 1.46. The van der Waals surface area contributed by atoms with Crippen molar-refractivity contribution in [2.45, 2.75) is 44.8 Å². The molecule has 6 nitrogen and oxygen atoms in total. The summed E-state index contributed by atoms with van der Waals surface area (Å²) in [7, 11) is 0. The third-order valence-corrected chi connectivity index (χ3v) is 3.35. The molecule has 17 heavy (non-hydrogen) atoms. The van der Waals surface area contributed by atoms with E-state index in [0.717, 1.165) is 6.42 Å². The van der Waals surface area contributed by atoms with Crippen LogP contribution in [-0.4, -0.2) is 37.1 Å². The Hall–Kier alpha value is -1.43. The maximum Gasteiger partial charge on any atom is 0.329 e. The molecular weight excluding hydrogens is 222 g/mol. The maximum absolute atomic E-state index is 11.1. The second kappa shape index (κ2) is 4.83. The van der Waals surface area contributed by atoms with Crippen molar-refractivity contribution in [2.24, 2.45) is 5.92 Å². The molecule has 1 fully saturated rings. The summed E-state index contributed by atoms with van der Waals surface area (Å²) in [5.74, 6) is 0.180. The first-order valence-corrected chi connectivity index (χ1v) is 5.89. The summed E-state index contributed by atoms with van der Waals surface area (Å²) in [5, 5.41) is 26.4. The van der Waals surface area contributed by atoms with Crippen LogP contribution < -0.4 is 0 Å². The third-order valence-electron chi connectivity index (χ3n) is 3.35. The molecule has 2 N–H and O–H groups in total. The van der Waals surface area contributed by atoms with Crippen molar-refractivity contribution in [2.75, 3.05) is 0 Å². The molecular formula is C11H17N3O3. The van der Waals surface area contributed by atoms with E-state index in [0.29, 0.717) is 11.7 Å². The Morgan fingerprint density at radius 2 is 2.35 bits per heavy atom. The zero-order chi connectivity index (χ0) is 12.4. The highest BCUT2D eigenvalue weighted by atomic mass is 16.4. The fraction of sp³-hybridized carbons (Fsp3) is 0.727. The van der Waals surface area contributed by atoms with Gasteiger partial charge in [0.15, 0.2) is 6.04 Å². The van der Waals surface area contributed by atoms with Gasteiger partial charge >= 0.3 is 5.97 Å². The van der Waals surface area contributed by atoms with Gasteiger partial charge in [0, 0.05) is 6.42 Å². The highest BCUT2D eigenvalue weighted by Gasteiger charge is 2.29. The zero-order valence-electron chi connectivity index (χ0n) is 9.78. The summed E-state index contributed by atoms with van der Waals surface area (Å²) >= 11 is 0. The van der Waals surface area contributed by atoms with E-state index in [-0.39, 0.29) is 0 Å². The highest BCUT2D eigenvalue weighted by Crippen LogP contribution is 2.29. The van der Waals surface area contributed by atoms with Gasteiger partial charge in [-0.25, -0.2) is 4.79 Å². The van der Waals surface area contributed by atoms with Crippen LogP contribution >= 0.6 is 0 Å². The van der Waals surface area contributed by atoms with Crippen molar-refractivity contribution < 1.29 is 15.0 Å². The zero-order valence-corrected chi connectivity index (χ0v) is 9.78. The molecule has 1 aromatic rings. The SMILES string of the molecule is CC(O)C(C(=O)O)n1cnnc1CC1CCC1. The smallest absolute Gasteiger partial charge is 0.329 e. The van der Waals surface area contributed by atoms with Gasteiger partial charge in [0.2, 0.25) is 0 Å². The van der Waals surface area contributed by atoms with Crippen LogP contribution in [0.2, 0.25) is 0 Å². The Morgan fingerprint density at radius 3 is 2.82 bits per heavy atom. The van der Waals surface area contributed by atoms with E-state index >= 15 is 0 Å². The van der Waals surface area contributed by atoms with Crippen molar-refractivity contribution in [3.8, 4) is 0 Å². The van der Waals surface area contributed by atoms with Crippen molar-refractivity contribution in [3.05, 3.63) is 12.2 Å². The molecule has 0 bridgehead atoms. The number of hydrogen-bond donors (Lipinski definition) is 2. The molecule has 0 amide bonds. The molecule has 0 saturated heterocycles. The molecule has 2 atom stereocenters. The van der Waals surface area contributed by atoms with Gasteiger partial charge in [-0.15, -0.1) is 10.2 Å². The number of aliphatic hydroxyl groups is 1. The van der Waals surface area contributed by atoms with Crippen LogP contribution in [0.15, 0.2) is 6.33 Å². The number of rotatable bonds is 5. The minimum atomic E-state index is -1.06. The number of aliphatic carboxylic acids is 1. The lowest BCUT2D eigenvalue weighted by molar-refractivity contribution is -0.144. The minimum Gasteiger partial charge on any atom is -0.480 e. The lowest BCUT2D eigenvalue weighted by Gasteiger charge is -2.26. The first-order chi connectivity index (χ1) is 8.09. The predicted molar refractivity (Wildman–Crippen MR) is 59.4 cm³/mol. The third kappa shape index (κ3) is 2.46. The van der Waals surface area contributed by atoms with E-state index in [1.165, 1.54) is 37.1 Å². The number of carbonyl (C=O) groups is 1. The van der Waals surface area contributed by atoms with E-state index in [1.807, 2.05) is 0 Å². The summed E-state index contributed by atoms with van der Waals surface area (Å²) in [5.41, 5.74) is 0. The van der Waals surface area contributed by atoms with E-state index in [2.05, 4.69) is 10.2 Å². The van der Waals surface area contributed by atoms with E-state index in [9.17, 15) is 9.90 Å². The molecule has 0 aliphatic heterocycles. The van der Waals surface area contributed by atoms with E-state index in [4.69, 9.17) is 5.11 Å². The highest BCUT2D eigenvalue weighted by molar-refractivity contribution is 5.72. The maximum atomic E-state index is 11.1. The van der Waals surface area contributed by atoms with Crippen LogP contribution in [-0.2, 0) is 11.2 Å². The van der Waals surface area contributed by atoms with Crippen molar-refractivity contribution in [1.29, 1.82) is 0 Å². The molecule has 94 valence electrons. The molecule has 1 aliphatic rings. The van der Waals surface area contributed by atoms with Gasteiger partial charge in [-0.1, -0.05) is 19.3 Å². The number of hydrogen-bond acceptors (Lipinski definition) is 4. The Labute approximate surface area is 99.3 Å². The summed E-state index contributed by atoms with van der Waals surface area (Å²) in [4.78, 5) is 11.1. The van der Waals surface area contributed by atoms with E-state index in [1.54, 1.807) is 0 Å². The number of nitrogens with zero attached hydrogens (tertiary/aromatic N) is 3. The Balaban J connectivity index is 2.18. The topological polar surface area (TPSA) is 88.2 Å². The minimum absolute atomic E-state index is 0.585. The Morgan fingerprint density at radius 1 is 1.65 bits per heavy atom. The molecule has 1 heterocycles. The van der Waals surface area contributed by atoms with Crippen molar-refractivity contribution >= 4 is 5.97 Å². The van der Waals surface area contributed by atoms with Crippen LogP contribution in [0.3, 0.4) is 0 Å². The van der Waals surface area contributed by atoms with Gasteiger partial charge in [-0.3, -0.25) is 0 Å². The summed E-state index contributed by atoms with van der Waals surface area (Å²) < 4.78 is 1.48. The van der Waals surface area contributed by atoms with Gasteiger partial charge in [0.05, 0.1) is 6.10 Å². The van der Waals surface area contributed by atoms with Gasteiger partial charge in [-0.2, -0.15) is 0 Å². The normalized spacial score (nSPS) is 19.6. The van der Waals surface area contributed by atoms with E-state index < -0.39 is 18.1 Å². The molecule has 1 aliphatic carbocycles. The van der Waals surface area contributed by atoms with Crippen LogP contribution in [0.5, 0.6) is 0 Å². The van der Waals surface area contributed by atoms with Gasteiger partial charge < -0.3 is 14.8 Å². The second-order valence-corrected chi connectivity index (χ2v) is 4.68. The lowest BCUT2D eigenvalue weighted by Crippen LogP contribution is -2.31. The average molecular weight is 239 g/mol. The van der Waals surface area contributed by atoms with Gasteiger partial charge in [0.25, 0.3) is 0 Å². The number of aromatic nitrogens is 3. The second-order valence-electron chi connectivity index (χ2n) is 4.68. The number of aliphatic hydroxyl groups excluding tert-OH is 1. The standard InChI is InChI=1S/C11H17N3O3/c1-7(15)10(11(16)17)14-6-12-13-9(14)5-8-3-2-4-8/h6-8,10,15H,2-5H2,1H3,(H,16,17). The largest absolute Gasteiger partial charge is 0.480 e. The monoisotopic (exact) mass is 239 g/mol.